The Morgan fingerprint density at radius 1 is 1.29 bits per heavy atom. The molecule has 0 aliphatic carbocycles. The van der Waals surface area contributed by atoms with Crippen LogP contribution in [-0.4, -0.2) is 32.9 Å². The molecule has 0 aromatic heterocycles. The van der Waals surface area contributed by atoms with Gasteiger partial charge in [0, 0.05) is 20.1 Å². The van der Waals surface area contributed by atoms with Crippen LogP contribution >= 0.6 is 0 Å². The Morgan fingerprint density at radius 3 is 2.43 bits per heavy atom. The number of hydrogen-bond acceptors (Lipinski definition) is 3. The molecule has 0 aliphatic heterocycles. The summed E-state index contributed by atoms with van der Waals surface area (Å²) in [6.07, 6.45) is 0. The molecule has 118 valence electrons. The molecule has 0 saturated carbocycles. The first-order valence-corrected chi connectivity index (χ1v) is 8.55. The van der Waals surface area contributed by atoms with E-state index in [9.17, 15) is 8.42 Å². The van der Waals surface area contributed by atoms with Gasteiger partial charge in [0.05, 0.1) is 4.90 Å². The molecular weight excluding hydrogens is 284 g/mol. The van der Waals surface area contributed by atoms with Crippen molar-refractivity contribution in [2.45, 2.75) is 39.1 Å². The minimum absolute atomic E-state index is 0.332. The van der Waals surface area contributed by atoms with Crippen LogP contribution in [0.1, 0.15) is 30.5 Å². The van der Waals surface area contributed by atoms with Crippen LogP contribution in [0.2, 0.25) is 0 Å². The fraction of sp³-hybridized carbons (Fsp3) is 0.500. The summed E-state index contributed by atoms with van der Waals surface area (Å²) in [4.78, 5) is 0.379. The standard InChI is InChI=1S/C16H26N2O2S/c1-7-17-10-15-9-16(14(5)8-13(15)4)21(19,20)18(6)11-12(2)3/h8-9,17H,2,7,10-11H2,1,3-6H3. The van der Waals surface area contributed by atoms with Crippen molar-refractivity contribution < 1.29 is 8.42 Å². The lowest BCUT2D eigenvalue weighted by molar-refractivity contribution is 0.492. The van der Waals surface area contributed by atoms with Gasteiger partial charge in [0.1, 0.15) is 0 Å². The van der Waals surface area contributed by atoms with E-state index >= 15 is 0 Å². The van der Waals surface area contributed by atoms with Gasteiger partial charge in [-0.25, -0.2) is 8.42 Å². The summed E-state index contributed by atoms with van der Waals surface area (Å²) in [5, 5.41) is 3.24. The van der Waals surface area contributed by atoms with E-state index in [1.807, 2.05) is 33.8 Å². The zero-order valence-corrected chi connectivity index (χ0v) is 14.5. The number of nitrogens with one attached hydrogen (secondary N) is 1. The number of benzene rings is 1. The zero-order valence-electron chi connectivity index (χ0n) is 13.7. The Morgan fingerprint density at radius 2 is 1.90 bits per heavy atom. The summed E-state index contributed by atoms with van der Waals surface area (Å²) in [5.74, 6) is 0. The Balaban J connectivity index is 3.25. The molecule has 0 fully saturated rings. The highest BCUT2D eigenvalue weighted by Crippen LogP contribution is 2.23. The van der Waals surface area contributed by atoms with Gasteiger partial charge in [-0.3, -0.25) is 0 Å². The maximum Gasteiger partial charge on any atom is 0.243 e. The van der Waals surface area contributed by atoms with E-state index in [2.05, 4.69) is 11.9 Å². The first-order chi connectivity index (χ1) is 9.70. The number of hydrogen-bond donors (Lipinski definition) is 1. The quantitative estimate of drug-likeness (QED) is 0.788. The molecule has 0 aliphatic rings. The van der Waals surface area contributed by atoms with Crippen LogP contribution in [0.15, 0.2) is 29.2 Å². The first-order valence-electron chi connectivity index (χ1n) is 7.11. The van der Waals surface area contributed by atoms with Crippen LogP contribution < -0.4 is 5.32 Å². The molecule has 0 atom stereocenters. The normalized spacial score (nSPS) is 11.9. The topological polar surface area (TPSA) is 49.4 Å². The fourth-order valence-electron chi connectivity index (χ4n) is 2.24. The van der Waals surface area contributed by atoms with Gasteiger partial charge < -0.3 is 5.32 Å². The van der Waals surface area contributed by atoms with Gasteiger partial charge in [0.2, 0.25) is 10.0 Å². The van der Waals surface area contributed by atoms with Gasteiger partial charge >= 0.3 is 0 Å². The minimum atomic E-state index is -3.48. The highest BCUT2D eigenvalue weighted by atomic mass is 32.2. The van der Waals surface area contributed by atoms with E-state index in [1.54, 1.807) is 13.1 Å². The Hall–Kier alpha value is -1.17. The van der Waals surface area contributed by atoms with Crippen molar-refractivity contribution in [2.24, 2.45) is 0 Å². The van der Waals surface area contributed by atoms with Crippen LogP contribution in [0.3, 0.4) is 0 Å². The monoisotopic (exact) mass is 310 g/mol. The van der Waals surface area contributed by atoms with Crippen LogP contribution in [-0.2, 0) is 16.6 Å². The molecule has 5 heteroatoms. The lowest BCUT2D eigenvalue weighted by Gasteiger charge is -2.20. The Labute approximate surface area is 128 Å². The van der Waals surface area contributed by atoms with E-state index in [0.29, 0.717) is 18.0 Å². The van der Waals surface area contributed by atoms with Gasteiger partial charge in [-0.05, 0) is 50.1 Å². The lowest BCUT2D eigenvalue weighted by atomic mass is 10.1. The van der Waals surface area contributed by atoms with Crippen molar-refractivity contribution >= 4 is 10.0 Å². The number of rotatable bonds is 7. The summed E-state index contributed by atoms with van der Waals surface area (Å²) in [6.45, 7) is 13.3. The van der Waals surface area contributed by atoms with Gasteiger partial charge in [-0.1, -0.05) is 25.1 Å². The maximum atomic E-state index is 12.7. The smallest absolute Gasteiger partial charge is 0.243 e. The van der Waals surface area contributed by atoms with Gasteiger partial charge in [0.25, 0.3) is 0 Å². The molecule has 1 N–H and O–H groups in total. The summed E-state index contributed by atoms with van der Waals surface area (Å²) in [5.41, 5.74) is 3.72. The first kappa shape index (κ1) is 17.9. The largest absolute Gasteiger partial charge is 0.313 e. The fourth-order valence-corrected chi connectivity index (χ4v) is 3.72. The van der Waals surface area contributed by atoms with Crippen molar-refractivity contribution in [3.63, 3.8) is 0 Å². The molecule has 1 aromatic rings. The highest BCUT2D eigenvalue weighted by molar-refractivity contribution is 7.89. The van der Waals surface area contributed by atoms with Gasteiger partial charge in [0.15, 0.2) is 0 Å². The minimum Gasteiger partial charge on any atom is -0.313 e. The Kier molecular flexibility index (Phi) is 6.13. The van der Waals surface area contributed by atoms with E-state index in [0.717, 1.165) is 28.8 Å². The second-order valence-corrected chi connectivity index (χ2v) is 7.56. The number of aryl methyl sites for hydroxylation is 2. The van der Waals surface area contributed by atoms with E-state index in [1.165, 1.54) is 4.31 Å². The average molecular weight is 310 g/mol. The van der Waals surface area contributed by atoms with Crippen molar-refractivity contribution in [3.05, 3.63) is 41.0 Å². The third kappa shape index (κ3) is 4.40. The molecule has 0 unspecified atom stereocenters. The number of sulfonamides is 1. The average Bonchev–Trinajstić information content (AvgIpc) is 2.36. The van der Waals surface area contributed by atoms with Crippen molar-refractivity contribution in [3.8, 4) is 0 Å². The summed E-state index contributed by atoms with van der Waals surface area (Å²) in [6, 6.07) is 3.73. The molecule has 0 amide bonds. The highest BCUT2D eigenvalue weighted by Gasteiger charge is 2.23. The molecule has 4 nitrogen and oxygen atoms in total. The number of nitrogens with zero attached hydrogens (tertiary/aromatic N) is 1. The van der Waals surface area contributed by atoms with Crippen molar-refractivity contribution in [1.82, 2.24) is 9.62 Å². The second kappa shape index (κ2) is 7.20. The SMILES string of the molecule is C=C(C)CN(C)S(=O)(=O)c1cc(CNCC)c(C)cc1C. The lowest BCUT2D eigenvalue weighted by Crippen LogP contribution is -2.29. The molecule has 1 aromatic carbocycles. The molecule has 1 rings (SSSR count). The Bertz CT molecular complexity index is 621. The third-order valence-corrected chi connectivity index (χ3v) is 5.33. The molecule has 0 heterocycles. The van der Waals surface area contributed by atoms with Crippen LogP contribution in [0, 0.1) is 13.8 Å². The van der Waals surface area contributed by atoms with E-state index < -0.39 is 10.0 Å². The molecule has 0 saturated heterocycles. The second-order valence-electron chi connectivity index (χ2n) is 5.54. The van der Waals surface area contributed by atoms with Crippen molar-refractivity contribution in [2.75, 3.05) is 20.1 Å². The molecule has 21 heavy (non-hydrogen) atoms. The molecule has 0 spiro atoms. The van der Waals surface area contributed by atoms with Gasteiger partial charge in [-0.2, -0.15) is 4.31 Å². The predicted octanol–water partition coefficient (Wildman–Crippen LogP) is 2.61. The van der Waals surface area contributed by atoms with Gasteiger partial charge in [-0.15, -0.1) is 0 Å². The van der Waals surface area contributed by atoms with Crippen LogP contribution in [0.25, 0.3) is 0 Å². The third-order valence-electron chi connectivity index (χ3n) is 3.38. The molecular formula is C16H26N2O2S. The number of likely N-dealkylation sites (N-methyl/N-ethyl adjacent to an activating group) is 1. The van der Waals surface area contributed by atoms with Crippen LogP contribution in [0.4, 0.5) is 0 Å². The molecule has 0 radical (unpaired) electrons. The maximum absolute atomic E-state index is 12.7. The zero-order chi connectivity index (χ0) is 16.2. The summed E-state index contributed by atoms with van der Waals surface area (Å²) in [7, 11) is -1.89. The van der Waals surface area contributed by atoms with Crippen LogP contribution in [0.5, 0.6) is 0 Å². The van der Waals surface area contributed by atoms with E-state index in [-0.39, 0.29) is 0 Å². The predicted molar refractivity (Wildman–Crippen MR) is 87.9 cm³/mol. The molecule has 0 bridgehead atoms. The summed E-state index contributed by atoms with van der Waals surface area (Å²) < 4.78 is 26.7. The van der Waals surface area contributed by atoms with E-state index in [4.69, 9.17) is 0 Å². The summed E-state index contributed by atoms with van der Waals surface area (Å²) >= 11 is 0. The van der Waals surface area contributed by atoms with Crippen molar-refractivity contribution in [1.29, 1.82) is 0 Å².